The zero-order valence-electron chi connectivity index (χ0n) is 12.6. The van der Waals surface area contributed by atoms with Crippen LogP contribution in [0.2, 0.25) is 0 Å². The van der Waals surface area contributed by atoms with Gasteiger partial charge in [-0.05, 0) is 26.0 Å². The van der Waals surface area contributed by atoms with Crippen LogP contribution in [0.1, 0.15) is 24.9 Å². The number of benzene rings is 1. The van der Waals surface area contributed by atoms with E-state index < -0.39 is 0 Å². The highest BCUT2D eigenvalue weighted by Crippen LogP contribution is 2.24. The van der Waals surface area contributed by atoms with Crippen molar-refractivity contribution in [1.29, 1.82) is 0 Å². The molecule has 2 aliphatic heterocycles. The summed E-state index contributed by atoms with van der Waals surface area (Å²) < 4.78 is 13.9. The summed E-state index contributed by atoms with van der Waals surface area (Å²) >= 11 is 0. The average molecular weight is 314 g/mol. The Morgan fingerprint density at radius 1 is 1.19 bits per heavy atom. The molecular formula is C16H25ClFN3. The molecule has 0 amide bonds. The molecule has 118 valence electrons. The second-order valence-corrected chi connectivity index (χ2v) is 5.92. The van der Waals surface area contributed by atoms with Crippen LogP contribution in [-0.2, 0) is 0 Å². The predicted molar refractivity (Wildman–Crippen MR) is 86.5 cm³/mol. The molecule has 1 aromatic carbocycles. The molecule has 0 aromatic heterocycles. The molecule has 1 aromatic rings. The topological polar surface area (TPSA) is 18.5 Å². The highest BCUT2D eigenvalue weighted by atomic mass is 35.5. The van der Waals surface area contributed by atoms with Crippen molar-refractivity contribution in [3.63, 3.8) is 0 Å². The minimum absolute atomic E-state index is 0. The van der Waals surface area contributed by atoms with Gasteiger partial charge in [0.15, 0.2) is 0 Å². The van der Waals surface area contributed by atoms with Gasteiger partial charge < -0.3 is 5.32 Å². The Labute approximate surface area is 132 Å². The summed E-state index contributed by atoms with van der Waals surface area (Å²) in [4.78, 5) is 4.99. The van der Waals surface area contributed by atoms with E-state index in [2.05, 4.69) is 22.0 Å². The molecule has 2 atom stereocenters. The van der Waals surface area contributed by atoms with E-state index in [0.29, 0.717) is 6.04 Å². The van der Waals surface area contributed by atoms with Crippen molar-refractivity contribution in [2.75, 3.05) is 39.3 Å². The minimum Gasteiger partial charge on any atom is -0.315 e. The second-order valence-electron chi connectivity index (χ2n) is 5.92. The molecule has 2 aliphatic rings. The Morgan fingerprint density at radius 3 is 2.52 bits per heavy atom. The molecule has 2 fully saturated rings. The van der Waals surface area contributed by atoms with Gasteiger partial charge >= 0.3 is 0 Å². The van der Waals surface area contributed by atoms with Gasteiger partial charge in [-0.2, -0.15) is 0 Å². The van der Waals surface area contributed by atoms with E-state index in [1.165, 1.54) is 6.42 Å². The first-order valence-electron chi connectivity index (χ1n) is 7.69. The number of hydrogen-bond donors (Lipinski definition) is 1. The van der Waals surface area contributed by atoms with Gasteiger partial charge in [-0.3, -0.25) is 9.80 Å². The molecule has 0 bridgehead atoms. The molecule has 3 rings (SSSR count). The molecular weight excluding hydrogens is 289 g/mol. The zero-order chi connectivity index (χ0) is 13.9. The van der Waals surface area contributed by atoms with Crippen molar-refractivity contribution in [2.45, 2.75) is 25.4 Å². The third kappa shape index (κ3) is 3.75. The monoisotopic (exact) mass is 313 g/mol. The number of nitrogens with one attached hydrogen (secondary N) is 1. The van der Waals surface area contributed by atoms with E-state index in [-0.39, 0.29) is 24.3 Å². The van der Waals surface area contributed by atoms with Crippen molar-refractivity contribution < 1.29 is 4.39 Å². The highest BCUT2D eigenvalue weighted by Gasteiger charge is 2.28. The number of halogens is 2. The molecule has 3 nitrogen and oxygen atoms in total. The fraction of sp³-hybridized carbons (Fsp3) is 0.625. The lowest BCUT2D eigenvalue weighted by Crippen LogP contribution is -2.51. The third-order valence-corrected chi connectivity index (χ3v) is 4.80. The van der Waals surface area contributed by atoms with E-state index >= 15 is 0 Å². The smallest absolute Gasteiger partial charge is 0.127 e. The van der Waals surface area contributed by atoms with Crippen LogP contribution in [0.4, 0.5) is 4.39 Å². The zero-order valence-corrected chi connectivity index (χ0v) is 13.4. The van der Waals surface area contributed by atoms with Crippen molar-refractivity contribution in [3.05, 3.63) is 35.6 Å². The summed E-state index contributed by atoms with van der Waals surface area (Å²) in [6.45, 7) is 8.67. The first kappa shape index (κ1) is 16.7. The predicted octanol–water partition coefficient (Wildman–Crippen LogP) is 2.29. The standard InChI is InChI=1S/C16H24FN3.ClH/c1-13(15-4-2-3-5-16(15)17)19-8-10-20(11-9-19)14-6-7-18-12-14;/h2-5,13-14,18H,6-12H2,1H3;1H. The van der Waals surface area contributed by atoms with Gasteiger partial charge in [0.05, 0.1) is 0 Å². The largest absolute Gasteiger partial charge is 0.315 e. The maximum Gasteiger partial charge on any atom is 0.127 e. The van der Waals surface area contributed by atoms with Crippen LogP contribution in [0.3, 0.4) is 0 Å². The molecule has 21 heavy (non-hydrogen) atoms. The summed E-state index contributed by atoms with van der Waals surface area (Å²) in [5, 5.41) is 3.43. The van der Waals surface area contributed by atoms with Crippen LogP contribution >= 0.6 is 12.4 Å². The summed E-state index contributed by atoms with van der Waals surface area (Å²) in [5.74, 6) is -0.0811. The summed E-state index contributed by atoms with van der Waals surface area (Å²) in [6.07, 6.45) is 1.27. The Balaban J connectivity index is 0.00000161. The molecule has 0 spiro atoms. The maximum absolute atomic E-state index is 13.9. The molecule has 0 aliphatic carbocycles. The van der Waals surface area contributed by atoms with Crippen LogP contribution < -0.4 is 5.32 Å². The molecule has 5 heteroatoms. The van der Waals surface area contributed by atoms with Gasteiger partial charge in [-0.1, -0.05) is 18.2 Å². The lowest BCUT2D eigenvalue weighted by Gasteiger charge is -2.40. The lowest BCUT2D eigenvalue weighted by atomic mass is 10.0. The Morgan fingerprint density at radius 2 is 1.90 bits per heavy atom. The van der Waals surface area contributed by atoms with Gasteiger partial charge in [0.1, 0.15) is 5.82 Å². The lowest BCUT2D eigenvalue weighted by molar-refractivity contribution is 0.0777. The van der Waals surface area contributed by atoms with Gasteiger partial charge in [-0.25, -0.2) is 4.39 Å². The average Bonchev–Trinajstić information content (AvgIpc) is 3.01. The first-order valence-corrected chi connectivity index (χ1v) is 7.69. The first-order chi connectivity index (χ1) is 9.75. The van der Waals surface area contributed by atoms with Crippen LogP contribution in [0.25, 0.3) is 0 Å². The molecule has 1 N–H and O–H groups in total. The van der Waals surface area contributed by atoms with Crippen LogP contribution in [0, 0.1) is 5.82 Å². The number of piperazine rings is 1. The second kappa shape index (κ2) is 7.54. The van der Waals surface area contributed by atoms with E-state index in [1.54, 1.807) is 12.1 Å². The number of hydrogen-bond acceptors (Lipinski definition) is 3. The van der Waals surface area contributed by atoms with Gasteiger partial charge in [0.25, 0.3) is 0 Å². The van der Waals surface area contributed by atoms with Crippen molar-refractivity contribution in [3.8, 4) is 0 Å². The minimum atomic E-state index is -0.0811. The fourth-order valence-electron chi connectivity index (χ4n) is 3.45. The quantitative estimate of drug-likeness (QED) is 0.923. The summed E-state index contributed by atoms with van der Waals surface area (Å²) in [7, 11) is 0. The molecule has 2 saturated heterocycles. The van der Waals surface area contributed by atoms with Crippen LogP contribution in [0.15, 0.2) is 24.3 Å². The molecule has 0 radical (unpaired) electrons. The normalized spacial score (nSPS) is 25.5. The fourth-order valence-corrected chi connectivity index (χ4v) is 3.45. The van der Waals surface area contributed by atoms with E-state index in [0.717, 1.165) is 44.8 Å². The van der Waals surface area contributed by atoms with Crippen LogP contribution in [-0.4, -0.2) is 55.1 Å². The van der Waals surface area contributed by atoms with Crippen molar-refractivity contribution in [1.82, 2.24) is 15.1 Å². The molecule has 0 saturated carbocycles. The van der Waals surface area contributed by atoms with Gasteiger partial charge in [0.2, 0.25) is 0 Å². The molecule has 2 heterocycles. The summed E-state index contributed by atoms with van der Waals surface area (Å²) in [6, 6.07) is 8.03. The molecule has 2 unspecified atom stereocenters. The SMILES string of the molecule is CC(c1ccccc1F)N1CCN(C2CCNC2)CC1.Cl. The number of nitrogens with zero attached hydrogens (tertiary/aromatic N) is 2. The van der Waals surface area contributed by atoms with E-state index in [4.69, 9.17) is 0 Å². The Kier molecular flexibility index (Phi) is 5.99. The Hall–Kier alpha value is -0.680. The highest BCUT2D eigenvalue weighted by molar-refractivity contribution is 5.85. The summed E-state index contributed by atoms with van der Waals surface area (Å²) in [5.41, 5.74) is 0.823. The van der Waals surface area contributed by atoms with Crippen molar-refractivity contribution in [2.24, 2.45) is 0 Å². The van der Waals surface area contributed by atoms with E-state index in [1.807, 2.05) is 12.1 Å². The van der Waals surface area contributed by atoms with Crippen LogP contribution in [0.5, 0.6) is 0 Å². The van der Waals surface area contributed by atoms with Gasteiger partial charge in [-0.15, -0.1) is 12.4 Å². The maximum atomic E-state index is 13.9. The number of rotatable bonds is 3. The van der Waals surface area contributed by atoms with E-state index in [9.17, 15) is 4.39 Å². The Bertz CT molecular complexity index is 443. The van der Waals surface area contributed by atoms with Gasteiger partial charge in [0, 0.05) is 50.4 Å². The van der Waals surface area contributed by atoms with Crippen molar-refractivity contribution >= 4 is 12.4 Å². The third-order valence-electron chi connectivity index (χ3n) is 4.80.